The first kappa shape index (κ1) is 17.7. The summed E-state index contributed by atoms with van der Waals surface area (Å²) < 4.78 is 37.0. The molecule has 0 radical (unpaired) electrons. The number of hydrogen-bond acceptors (Lipinski definition) is 4. The number of benzene rings is 1. The van der Waals surface area contributed by atoms with E-state index in [0.29, 0.717) is 4.90 Å². The molecule has 1 atom stereocenters. The van der Waals surface area contributed by atoms with E-state index in [1.165, 1.54) is 25.1 Å². The summed E-state index contributed by atoms with van der Waals surface area (Å²) >= 11 is 0. The minimum Gasteiger partial charge on any atom is -0.347 e. The topological polar surface area (TPSA) is 92.6 Å². The molecule has 0 bridgehead atoms. The van der Waals surface area contributed by atoms with E-state index >= 15 is 0 Å². The van der Waals surface area contributed by atoms with E-state index in [9.17, 15) is 32.9 Å². The summed E-state index contributed by atoms with van der Waals surface area (Å²) in [5, 5.41) is 13.2. The van der Waals surface area contributed by atoms with Gasteiger partial charge in [-0.3, -0.25) is 19.7 Å². The van der Waals surface area contributed by atoms with Crippen molar-refractivity contribution in [2.45, 2.75) is 25.6 Å². The predicted molar refractivity (Wildman–Crippen MR) is 76.3 cm³/mol. The molecule has 0 saturated carbocycles. The Labute approximate surface area is 134 Å². The van der Waals surface area contributed by atoms with Crippen molar-refractivity contribution < 1.29 is 27.7 Å². The summed E-state index contributed by atoms with van der Waals surface area (Å²) in [5.74, 6) is -1.28. The van der Waals surface area contributed by atoms with Crippen molar-refractivity contribution in [2.24, 2.45) is 0 Å². The first-order valence-corrected chi connectivity index (χ1v) is 6.97. The Morgan fingerprint density at radius 3 is 2.67 bits per heavy atom. The highest BCUT2D eigenvalue weighted by molar-refractivity contribution is 5.95. The van der Waals surface area contributed by atoms with Crippen molar-refractivity contribution in [2.75, 3.05) is 13.1 Å². The minimum atomic E-state index is -4.50. The normalized spacial score (nSPS) is 17.9. The zero-order valence-electron chi connectivity index (χ0n) is 12.6. The minimum absolute atomic E-state index is 0.139. The molecule has 0 aliphatic carbocycles. The molecule has 0 unspecified atom stereocenters. The van der Waals surface area contributed by atoms with Gasteiger partial charge in [-0.1, -0.05) is 0 Å². The molecule has 0 aromatic heterocycles. The van der Waals surface area contributed by atoms with Crippen molar-refractivity contribution >= 4 is 17.5 Å². The third kappa shape index (κ3) is 4.21. The monoisotopic (exact) mass is 345 g/mol. The van der Waals surface area contributed by atoms with E-state index in [2.05, 4.69) is 5.32 Å². The Balaban J connectivity index is 2.02. The molecule has 1 fully saturated rings. The molecular weight excluding hydrogens is 331 g/mol. The van der Waals surface area contributed by atoms with Crippen molar-refractivity contribution in [3.05, 3.63) is 39.4 Å². The summed E-state index contributed by atoms with van der Waals surface area (Å²) in [7, 11) is 0. The van der Waals surface area contributed by atoms with Gasteiger partial charge in [0.15, 0.2) is 0 Å². The van der Waals surface area contributed by atoms with Crippen LogP contribution in [0.3, 0.4) is 0 Å². The van der Waals surface area contributed by atoms with Crippen LogP contribution in [0.2, 0.25) is 0 Å². The third-order valence-electron chi connectivity index (χ3n) is 3.58. The van der Waals surface area contributed by atoms with Gasteiger partial charge >= 0.3 is 6.18 Å². The van der Waals surface area contributed by atoms with Gasteiger partial charge in [-0.2, -0.15) is 13.2 Å². The molecule has 1 aliphatic heterocycles. The van der Waals surface area contributed by atoms with Crippen LogP contribution in [0.5, 0.6) is 0 Å². The Bertz CT molecular complexity index is 690. The van der Waals surface area contributed by atoms with Crippen LogP contribution < -0.4 is 5.32 Å². The lowest BCUT2D eigenvalue weighted by Gasteiger charge is -2.18. The van der Waals surface area contributed by atoms with Crippen LogP contribution in [0.4, 0.5) is 18.9 Å². The summed E-state index contributed by atoms with van der Waals surface area (Å²) in [6, 6.07) is 3.02. The molecule has 7 nitrogen and oxygen atoms in total. The second kappa shape index (κ2) is 6.46. The Morgan fingerprint density at radius 1 is 1.46 bits per heavy atom. The van der Waals surface area contributed by atoms with E-state index in [-0.39, 0.29) is 29.8 Å². The van der Waals surface area contributed by atoms with Gasteiger partial charge in [0.1, 0.15) is 6.54 Å². The lowest BCUT2D eigenvalue weighted by Crippen LogP contribution is -2.39. The lowest BCUT2D eigenvalue weighted by molar-refractivity contribution is -0.385. The number of carbonyl (C=O) groups excluding carboxylic acids is 2. The molecule has 1 aromatic rings. The molecule has 130 valence electrons. The molecule has 2 rings (SSSR count). The van der Waals surface area contributed by atoms with Crippen LogP contribution in [0.1, 0.15) is 22.3 Å². The van der Waals surface area contributed by atoms with Crippen LogP contribution >= 0.6 is 0 Å². The standard InChI is InChI=1S/C14H14F3N3O4/c1-8-4-9(2-3-11(8)20(23)24)13(22)18-10-5-12(21)19(6-10)7-14(15,16)17/h2-4,10H,5-7H2,1H3,(H,18,22)/t10-/m0/s1. The van der Waals surface area contributed by atoms with Gasteiger partial charge in [-0.25, -0.2) is 0 Å². The number of nitrogens with zero attached hydrogens (tertiary/aromatic N) is 2. The van der Waals surface area contributed by atoms with Crippen molar-refractivity contribution in [3.63, 3.8) is 0 Å². The highest BCUT2D eigenvalue weighted by atomic mass is 19.4. The van der Waals surface area contributed by atoms with Crippen molar-refractivity contribution in [3.8, 4) is 0 Å². The maximum Gasteiger partial charge on any atom is 0.406 e. The van der Waals surface area contributed by atoms with Crippen LogP contribution in [-0.2, 0) is 4.79 Å². The predicted octanol–water partition coefficient (Wildman–Crippen LogP) is 1.80. The number of likely N-dealkylation sites (tertiary alicyclic amines) is 1. The summed E-state index contributed by atoms with van der Waals surface area (Å²) in [6.45, 7) is -0.107. The molecule has 2 amide bonds. The maximum absolute atomic E-state index is 12.3. The van der Waals surface area contributed by atoms with Gasteiger partial charge < -0.3 is 10.2 Å². The average Bonchev–Trinajstić information content (AvgIpc) is 2.75. The molecule has 1 N–H and O–H groups in total. The number of hydrogen-bond donors (Lipinski definition) is 1. The first-order chi connectivity index (χ1) is 11.1. The SMILES string of the molecule is Cc1cc(C(=O)N[C@H]2CC(=O)N(CC(F)(F)F)C2)ccc1[N+](=O)[O-]. The van der Waals surface area contributed by atoms with E-state index in [1.54, 1.807) is 0 Å². The molecular formula is C14H14F3N3O4. The summed E-state index contributed by atoms with van der Waals surface area (Å²) in [4.78, 5) is 34.5. The summed E-state index contributed by atoms with van der Waals surface area (Å²) in [5.41, 5.74) is 0.285. The Hall–Kier alpha value is -2.65. The van der Waals surface area contributed by atoms with Gasteiger partial charge in [0, 0.05) is 30.2 Å². The number of carbonyl (C=O) groups is 2. The zero-order chi connectivity index (χ0) is 18.1. The molecule has 10 heteroatoms. The second-order valence-corrected chi connectivity index (χ2v) is 5.52. The van der Waals surface area contributed by atoms with Gasteiger partial charge in [0.05, 0.1) is 11.0 Å². The number of amides is 2. The van der Waals surface area contributed by atoms with Gasteiger partial charge in [0.2, 0.25) is 5.91 Å². The van der Waals surface area contributed by atoms with E-state index in [1.807, 2.05) is 0 Å². The molecule has 1 aromatic carbocycles. The second-order valence-electron chi connectivity index (χ2n) is 5.52. The van der Waals surface area contributed by atoms with Gasteiger partial charge in [0.25, 0.3) is 11.6 Å². The molecule has 1 saturated heterocycles. The number of halogens is 3. The fraction of sp³-hybridized carbons (Fsp3) is 0.429. The smallest absolute Gasteiger partial charge is 0.347 e. The van der Waals surface area contributed by atoms with Crippen LogP contribution in [0, 0.1) is 17.0 Å². The van der Waals surface area contributed by atoms with Gasteiger partial charge in [-0.15, -0.1) is 0 Å². The highest BCUT2D eigenvalue weighted by Crippen LogP contribution is 2.22. The van der Waals surface area contributed by atoms with Crippen molar-refractivity contribution in [1.29, 1.82) is 0 Å². The molecule has 1 heterocycles. The maximum atomic E-state index is 12.3. The summed E-state index contributed by atoms with van der Waals surface area (Å²) in [6.07, 6.45) is -4.71. The number of rotatable bonds is 4. The number of aryl methyl sites for hydroxylation is 1. The zero-order valence-corrected chi connectivity index (χ0v) is 12.6. The molecule has 1 aliphatic rings. The van der Waals surface area contributed by atoms with E-state index < -0.39 is 35.5 Å². The quantitative estimate of drug-likeness (QED) is 0.665. The first-order valence-electron chi connectivity index (χ1n) is 6.97. The number of alkyl halides is 3. The molecule has 24 heavy (non-hydrogen) atoms. The fourth-order valence-corrected chi connectivity index (χ4v) is 2.51. The highest BCUT2D eigenvalue weighted by Gasteiger charge is 2.38. The van der Waals surface area contributed by atoms with Gasteiger partial charge in [-0.05, 0) is 19.1 Å². The Kier molecular flexibility index (Phi) is 4.76. The number of nitro benzene ring substituents is 1. The van der Waals surface area contributed by atoms with Crippen LogP contribution in [0.15, 0.2) is 18.2 Å². The number of nitro groups is 1. The average molecular weight is 345 g/mol. The van der Waals surface area contributed by atoms with Crippen molar-refractivity contribution in [1.82, 2.24) is 10.2 Å². The largest absolute Gasteiger partial charge is 0.406 e. The third-order valence-corrected chi connectivity index (χ3v) is 3.58. The molecule has 0 spiro atoms. The van der Waals surface area contributed by atoms with Crippen LogP contribution in [0.25, 0.3) is 0 Å². The van der Waals surface area contributed by atoms with Crippen LogP contribution in [-0.4, -0.2) is 46.9 Å². The van der Waals surface area contributed by atoms with E-state index in [0.717, 1.165) is 0 Å². The Morgan fingerprint density at radius 2 is 2.12 bits per heavy atom. The fourth-order valence-electron chi connectivity index (χ4n) is 2.51. The number of nitrogens with one attached hydrogen (secondary N) is 1. The lowest BCUT2D eigenvalue weighted by atomic mass is 10.1. The van der Waals surface area contributed by atoms with E-state index in [4.69, 9.17) is 0 Å².